The second-order valence-electron chi connectivity index (χ2n) is 26.6. The topological polar surface area (TPSA) is 391 Å². The van der Waals surface area contributed by atoms with E-state index in [0.717, 1.165) is 67.8 Å². The number of benzene rings is 10. The van der Waals surface area contributed by atoms with Crippen molar-refractivity contribution < 1.29 is 104 Å². The van der Waals surface area contributed by atoms with Crippen LogP contribution in [0.2, 0.25) is 0 Å². The molecule has 0 unspecified atom stereocenters. The molecular formula is C89H91Br8ClF7N9O16S3. The number of rotatable bonds is 23. The molecule has 25 nitrogen and oxygen atoms in total. The number of amides is 1. The summed E-state index contributed by atoms with van der Waals surface area (Å²) in [5.41, 5.74) is 29.3. The Morgan fingerprint density at radius 1 is 0.436 bits per heavy atom. The number of hydrogen-bond donors (Lipinski definition) is 7. The van der Waals surface area contributed by atoms with Gasteiger partial charge in [0.05, 0.1) is 114 Å². The molecule has 10 rings (SSSR count). The van der Waals surface area contributed by atoms with Crippen LogP contribution in [0, 0.1) is 61.5 Å². The van der Waals surface area contributed by atoms with Crippen molar-refractivity contribution in [3.63, 3.8) is 0 Å². The van der Waals surface area contributed by atoms with E-state index >= 15 is 0 Å². The van der Waals surface area contributed by atoms with Crippen molar-refractivity contribution in [2.75, 3.05) is 90.1 Å². The predicted octanol–water partition coefficient (Wildman–Crippen LogP) is 23.5. The van der Waals surface area contributed by atoms with Crippen LogP contribution in [0.4, 0.5) is 70.5 Å². The number of carboxylic acid groups (broad SMARTS) is 1. The van der Waals surface area contributed by atoms with Crippen LogP contribution in [0.3, 0.4) is 0 Å². The molecule has 0 spiro atoms. The van der Waals surface area contributed by atoms with Gasteiger partial charge in [0.25, 0.3) is 36.0 Å². The zero-order valence-corrected chi connectivity index (χ0v) is 88.7. The molecule has 0 atom stereocenters. The smallest absolute Gasteiger partial charge is 0.340 e. The van der Waals surface area contributed by atoms with E-state index < -0.39 is 100 Å². The number of nitrogens with zero attached hydrogens (tertiary/aromatic N) is 3. The Kier molecular flexibility index (Phi) is 52.5. The fourth-order valence-electron chi connectivity index (χ4n) is 9.98. The Morgan fingerprint density at radius 3 is 1.03 bits per heavy atom. The summed E-state index contributed by atoms with van der Waals surface area (Å²) in [6.07, 6.45) is 4.69. The fraction of sp³-hybridized carbons (Fsp3) is 0.169. The van der Waals surface area contributed by atoms with Gasteiger partial charge in [0.15, 0.2) is 17.3 Å². The number of alkyl halides is 1. The number of allylic oxidation sites excluding steroid dienone is 2. The number of esters is 1. The Morgan fingerprint density at radius 2 is 0.714 bits per heavy atom. The zero-order chi connectivity index (χ0) is 101. The molecule has 133 heavy (non-hydrogen) atoms. The van der Waals surface area contributed by atoms with Crippen LogP contribution >= 0.6 is 140 Å². The van der Waals surface area contributed by atoms with Crippen LogP contribution in [0.25, 0.3) is 5.57 Å². The summed E-state index contributed by atoms with van der Waals surface area (Å²) in [4.78, 5) is 76.7. The number of halogens is 16. The standard InChI is InChI=1S/C19H19BrFNO2S.C18H17BrFNO3S.C15H13BrFNO3S.C9H10BrFN2O2.C8H7BrFNO2.C8H7BrFNO.C7H5BrFNO2.C3H5Br.C2H7NO.ClH/c1-5-10-22(25(23,24)15-8-6-14(4)7-9-15)19-12-17(20)18(21)11-16(19)13(2)3;1-4-9-21(25(23,24)14-7-5-12(2)6-8-14)18-11-16(19)17(20)10-15(18)13(3)22;1-9-3-5-11(6-4-9)22(20,21)18-15-8-13(16)14(17)7-12(15)10(2)19;1-13(15-2)9(14)5-3-7(11)6(10)4-8(5)12;1-13-8(12)4-2-6(10)5(9)3-7(4)11;1-4(12)5-2-7(10)6(9)3-8(5)11;8-4-2-6(10)3(7(11)12)1-5(4)9;1-2-3-4;1-3-4-2;/h5-9,11-12H,1-2,10H2,3-4H3;4-8,10-11H,1,9H2,2-3H3;3-8,18H,1-2H3;3-4H,12H2,1-2H3;2-3H,11H2,1H3;2-3H,11H2,1H3;1-2H,10H2,(H,11,12);2H,1,3H2;3H,1-2H3;1H. The van der Waals surface area contributed by atoms with Crippen molar-refractivity contribution in [3.05, 3.63) is 330 Å². The van der Waals surface area contributed by atoms with Crippen molar-refractivity contribution in [1.29, 1.82) is 0 Å². The molecule has 0 radical (unpaired) electrons. The number of carbonyl (C=O) groups is 6. The van der Waals surface area contributed by atoms with E-state index in [1.165, 1.54) is 131 Å². The van der Waals surface area contributed by atoms with Gasteiger partial charge in [-0.25, -0.2) is 76.1 Å². The van der Waals surface area contributed by atoms with Gasteiger partial charge in [-0.2, -0.15) is 0 Å². The number of ketones is 3. The number of aromatic carboxylic acids is 1. The summed E-state index contributed by atoms with van der Waals surface area (Å²) in [6.45, 7) is 25.6. The summed E-state index contributed by atoms with van der Waals surface area (Å²) in [7, 11) is -4.41. The highest BCUT2D eigenvalue weighted by atomic mass is 79.9. The predicted molar refractivity (Wildman–Crippen MR) is 540 cm³/mol. The minimum Gasteiger partial charge on any atom is -0.478 e. The van der Waals surface area contributed by atoms with E-state index in [0.29, 0.717) is 16.8 Å². The molecule has 10 aromatic carbocycles. The molecular weight excluding hydrogens is 2350 g/mol. The van der Waals surface area contributed by atoms with Crippen LogP contribution in [-0.2, 0) is 44.5 Å². The highest BCUT2D eigenvalue weighted by Crippen LogP contribution is 2.38. The second kappa shape index (κ2) is 57.4. The van der Waals surface area contributed by atoms with Crippen LogP contribution in [0.15, 0.2) is 248 Å². The number of aryl methyl sites for hydroxylation is 3. The number of nitrogens with two attached hydrogens (primary N) is 4. The fourth-order valence-corrected chi connectivity index (χ4v) is 16.4. The van der Waals surface area contributed by atoms with E-state index in [1.807, 2.05) is 20.8 Å². The average Bonchev–Trinajstić information content (AvgIpc) is 0.775. The molecule has 44 heteroatoms. The highest BCUT2D eigenvalue weighted by molar-refractivity contribution is 9.11. The maximum atomic E-state index is 14.0. The van der Waals surface area contributed by atoms with E-state index in [2.05, 4.69) is 178 Å². The van der Waals surface area contributed by atoms with Gasteiger partial charge in [0, 0.05) is 64.4 Å². The third-order valence-corrected chi connectivity index (χ3v) is 26.4. The number of methoxy groups -OCH3 is 1. The lowest BCUT2D eigenvalue weighted by Crippen LogP contribution is -2.32. The molecule has 0 aliphatic rings. The molecule has 11 N–H and O–H groups in total. The number of sulfonamides is 3. The molecule has 1 amide bonds. The Hall–Kier alpha value is -9.45. The number of anilines is 7. The van der Waals surface area contributed by atoms with Gasteiger partial charge in [-0.15, -0.1) is 32.1 Å². The largest absolute Gasteiger partial charge is 0.478 e. The first-order valence-corrected chi connectivity index (χ1v) is 48.1. The lowest BCUT2D eigenvalue weighted by Gasteiger charge is -2.26. The van der Waals surface area contributed by atoms with Gasteiger partial charge >= 0.3 is 11.9 Å². The molecule has 0 aliphatic heterocycles. The number of nitrogens with one attached hydrogen (secondary N) is 2. The first kappa shape index (κ1) is 122. The first-order chi connectivity index (χ1) is 61.5. The molecule has 10 aromatic rings. The molecule has 0 aliphatic carbocycles. The van der Waals surface area contributed by atoms with Crippen LogP contribution < -0.4 is 41.7 Å². The summed E-state index contributed by atoms with van der Waals surface area (Å²) < 4.78 is 180. The van der Waals surface area contributed by atoms with Gasteiger partial charge in [-0.1, -0.05) is 93.8 Å². The molecule has 0 saturated heterocycles. The quantitative estimate of drug-likeness (QED) is 0.00595. The number of carboxylic acids is 1. The normalized spacial score (nSPS) is 10.4. The van der Waals surface area contributed by atoms with Crippen LogP contribution in [0.1, 0.15) is 112 Å². The number of hydroxylamine groups is 3. The minimum absolute atomic E-state index is 0. The lowest BCUT2D eigenvalue weighted by molar-refractivity contribution is -0.0756. The van der Waals surface area contributed by atoms with Gasteiger partial charge in [0.2, 0.25) is 0 Å². The maximum Gasteiger partial charge on any atom is 0.340 e. The van der Waals surface area contributed by atoms with Crippen molar-refractivity contribution in [1.82, 2.24) is 10.5 Å². The molecule has 0 heterocycles. The highest BCUT2D eigenvalue weighted by Gasteiger charge is 2.31. The summed E-state index contributed by atoms with van der Waals surface area (Å²) >= 11 is 24.0. The number of nitrogen functional groups attached to an aromatic ring is 4. The third-order valence-electron chi connectivity index (χ3n) is 16.8. The summed E-state index contributed by atoms with van der Waals surface area (Å²) in [5.74, 6) is -7.45. The number of carbonyl (C=O) groups excluding carboxylic acids is 5. The third kappa shape index (κ3) is 36.9. The van der Waals surface area contributed by atoms with E-state index in [-0.39, 0.29) is 145 Å². The van der Waals surface area contributed by atoms with Crippen LogP contribution in [-0.4, -0.2) is 124 Å². The minimum atomic E-state index is -3.95. The van der Waals surface area contributed by atoms with E-state index in [4.69, 9.17) is 28.0 Å². The SMILES string of the molecule is C=CCBr.C=CCN(c1cc(Br)c(F)cc1C(=C)C)S(=O)(=O)c1ccc(C)cc1.C=CCN(c1cc(Br)c(F)cc1C(C)=O)S(=O)(=O)c1ccc(C)cc1.CC(=O)c1cc(F)c(Br)cc1N.CC(=O)c1cc(F)c(Br)cc1NS(=O)(=O)c1ccc(C)cc1.CNOC.COC(=O)c1cc(F)c(Br)cc1N.CON(C)C(=O)c1cc(F)c(Br)cc1N.Cl.Nc1cc(Br)c(F)cc1C(=O)O. The maximum absolute atomic E-state index is 14.0. The summed E-state index contributed by atoms with van der Waals surface area (Å²) in [5, 5.41) is 10.4. The Labute approximate surface area is 840 Å². The number of ether oxygens (including phenoxy) is 1. The van der Waals surface area contributed by atoms with E-state index in [9.17, 15) is 84.8 Å². The summed E-state index contributed by atoms with van der Waals surface area (Å²) in [6, 6.07) is 35.9. The van der Waals surface area contributed by atoms with Crippen molar-refractivity contribution in [2.24, 2.45) is 0 Å². The molecule has 718 valence electrons. The Bertz CT molecular complexity index is 6010. The average molecular weight is 2450 g/mol. The van der Waals surface area contributed by atoms with Crippen molar-refractivity contribution >= 4 is 250 Å². The van der Waals surface area contributed by atoms with Crippen LogP contribution in [0.5, 0.6) is 0 Å². The van der Waals surface area contributed by atoms with Gasteiger partial charge < -0.3 is 37.6 Å². The lowest BCUT2D eigenvalue weighted by atomic mass is 10.1. The van der Waals surface area contributed by atoms with Crippen molar-refractivity contribution in [2.45, 2.75) is 63.2 Å². The second-order valence-corrected chi connectivity index (χ2v) is 38.6. The number of Topliss-reactive ketones (excluding diaryl/α,β-unsaturated/α-hetero) is 3. The Balaban J connectivity index is 0.000000777. The van der Waals surface area contributed by atoms with E-state index in [1.54, 1.807) is 75.7 Å². The number of hydrogen-bond acceptors (Lipinski definition) is 20. The zero-order valence-electron chi connectivity index (χ0n) is 72.7. The molecule has 0 fully saturated rings. The van der Waals surface area contributed by atoms with Gasteiger partial charge in [-0.3, -0.25) is 37.3 Å². The molecule has 0 aromatic heterocycles. The molecule has 0 bridgehead atoms. The van der Waals surface area contributed by atoms with Gasteiger partial charge in [0.1, 0.15) is 40.7 Å². The monoisotopic (exact) mass is 2440 g/mol. The first-order valence-electron chi connectivity index (χ1n) is 37.1. The van der Waals surface area contributed by atoms with Crippen molar-refractivity contribution in [3.8, 4) is 0 Å². The molecule has 0 saturated carbocycles. The van der Waals surface area contributed by atoms with Gasteiger partial charge in [-0.05, 0) is 287 Å².